The summed E-state index contributed by atoms with van der Waals surface area (Å²) in [6.07, 6.45) is 0.658. The normalized spacial score (nSPS) is 11.3. The Labute approximate surface area is 127 Å². The van der Waals surface area contributed by atoms with Crippen LogP contribution in [-0.4, -0.2) is 22.6 Å². The van der Waals surface area contributed by atoms with Gasteiger partial charge in [0.15, 0.2) is 0 Å². The van der Waals surface area contributed by atoms with Gasteiger partial charge in [-0.15, -0.1) is 11.3 Å². The molecule has 0 saturated heterocycles. The molecule has 0 aliphatic heterocycles. The van der Waals surface area contributed by atoms with Crippen molar-refractivity contribution in [2.24, 2.45) is 0 Å². The summed E-state index contributed by atoms with van der Waals surface area (Å²) in [5, 5.41) is 17.6. The molecule has 1 aromatic heterocycles. The van der Waals surface area contributed by atoms with Gasteiger partial charge in [-0.25, -0.2) is 9.59 Å². The van der Waals surface area contributed by atoms with Gasteiger partial charge in [0.1, 0.15) is 5.54 Å². The van der Waals surface area contributed by atoms with E-state index in [0.29, 0.717) is 18.5 Å². The number of benzene rings is 1. The maximum absolute atomic E-state index is 12.0. The number of carbonyl (C=O) groups is 2. The number of anilines is 1. The van der Waals surface area contributed by atoms with Crippen LogP contribution in [0.5, 0.6) is 0 Å². The predicted octanol–water partition coefficient (Wildman–Crippen LogP) is 3.67. The first-order chi connectivity index (χ1) is 10.0. The summed E-state index contributed by atoms with van der Waals surface area (Å²) in [6.45, 7) is 3.49. The molecule has 2 amide bonds. The van der Waals surface area contributed by atoms with Crippen molar-refractivity contribution >= 4 is 39.1 Å². The first-order valence-corrected chi connectivity index (χ1v) is 7.68. The molecule has 6 heteroatoms. The Morgan fingerprint density at radius 3 is 2.57 bits per heavy atom. The third-order valence-electron chi connectivity index (χ3n) is 3.68. The lowest BCUT2D eigenvalue weighted by atomic mass is 9.93. The highest BCUT2D eigenvalue weighted by molar-refractivity contribution is 7.17. The Balaban J connectivity index is 2.11. The molecule has 0 saturated carbocycles. The van der Waals surface area contributed by atoms with Gasteiger partial charge in [-0.3, -0.25) is 0 Å². The number of nitrogens with one attached hydrogen (secondary N) is 2. The lowest BCUT2D eigenvalue weighted by molar-refractivity contribution is -0.144. The first-order valence-electron chi connectivity index (χ1n) is 6.80. The number of carboxylic acids is 1. The average Bonchev–Trinajstić information content (AvgIpc) is 2.92. The second-order valence-corrected chi connectivity index (χ2v) is 5.79. The molecule has 0 aliphatic rings. The molecular weight excluding hydrogens is 288 g/mol. The van der Waals surface area contributed by atoms with E-state index < -0.39 is 17.5 Å². The second kappa shape index (κ2) is 6.13. The van der Waals surface area contributed by atoms with Crippen molar-refractivity contribution in [3.05, 3.63) is 29.6 Å². The predicted molar refractivity (Wildman–Crippen MR) is 84.9 cm³/mol. The quantitative estimate of drug-likeness (QED) is 0.788. The summed E-state index contributed by atoms with van der Waals surface area (Å²) >= 11 is 1.63. The standard InChI is InChI=1S/C15H18N2O3S/c1-3-15(4-2,13(18)19)17-14(20)16-11-5-6-12-10(9-11)7-8-21-12/h5-9H,3-4H2,1-2H3,(H,18,19)(H2,16,17,20). The van der Waals surface area contributed by atoms with E-state index in [1.807, 2.05) is 23.6 Å². The van der Waals surface area contributed by atoms with Crippen LogP contribution in [0, 0.1) is 0 Å². The Kier molecular flexibility index (Phi) is 4.47. The minimum Gasteiger partial charge on any atom is -0.480 e. The van der Waals surface area contributed by atoms with E-state index in [1.165, 1.54) is 0 Å². The lowest BCUT2D eigenvalue weighted by Crippen LogP contribution is -2.54. The maximum atomic E-state index is 12.0. The number of hydrogen-bond donors (Lipinski definition) is 3. The van der Waals surface area contributed by atoms with Crippen molar-refractivity contribution < 1.29 is 14.7 Å². The van der Waals surface area contributed by atoms with Gasteiger partial charge in [0.25, 0.3) is 0 Å². The molecule has 0 atom stereocenters. The molecule has 0 radical (unpaired) electrons. The van der Waals surface area contributed by atoms with Crippen LogP contribution in [0.25, 0.3) is 10.1 Å². The molecule has 0 spiro atoms. The van der Waals surface area contributed by atoms with Gasteiger partial charge < -0.3 is 15.7 Å². The number of urea groups is 1. The Hall–Kier alpha value is -2.08. The Morgan fingerprint density at radius 1 is 1.24 bits per heavy atom. The zero-order valence-electron chi connectivity index (χ0n) is 12.0. The largest absolute Gasteiger partial charge is 0.480 e. The Bertz CT molecular complexity index is 662. The van der Waals surface area contributed by atoms with Crippen LogP contribution >= 0.6 is 11.3 Å². The lowest BCUT2D eigenvalue weighted by Gasteiger charge is -2.28. The van der Waals surface area contributed by atoms with Crippen molar-refractivity contribution in [3.8, 4) is 0 Å². The van der Waals surface area contributed by atoms with Gasteiger partial charge in [-0.05, 0) is 47.9 Å². The fourth-order valence-electron chi connectivity index (χ4n) is 2.21. The zero-order valence-corrected chi connectivity index (χ0v) is 12.8. The monoisotopic (exact) mass is 306 g/mol. The van der Waals surface area contributed by atoms with Crippen molar-refractivity contribution in [3.63, 3.8) is 0 Å². The van der Waals surface area contributed by atoms with Gasteiger partial charge in [-0.2, -0.15) is 0 Å². The van der Waals surface area contributed by atoms with E-state index in [4.69, 9.17) is 0 Å². The third-order valence-corrected chi connectivity index (χ3v) is 4.58. The molecule has 0 unspecified atom stereocenters. The summed E-state index contributed by atoms with van der Waals surface area (Å²) in [5.74, 6) is -1.02. The molecule has 0 fully saturated rings. The van der Waals surface area contributed by atoms with Gasteiger partial charge in [0.05, 0.1) is 0 Å². The van der Waals surface area contributed by atoms with Gasteiger partial charge in [0, 0.05) is 10.4 Å². The van der Waals surface area contributed by atoms with Crippen molar-refractivity contribution in [1.29, 1.82) is 0 Å². The highest BCUT2D eigenvalue weighted by Crippen LogP contribution is 2.24. The van der Waals surface area contributed by atoms with E-state index in [-0.39, 0.29) is 0 Å². The fraction of sp³-hybridized carbons (Fsp3) is 0.333. The molecule has 5 nitrogen and oxygen atoms in total. The van der Waals surface area contributed by atoms with Crippen molar-refractivity contribution in [1.82, 2.24) is 5.32 Å². The number of amides is 2. The molecule has 0 aliphatic carbocycles. The topological polar surface area (TPSA) is 78.4 Å². The smallest absolute Gasteiger partial charge is 0.329 e. The molecule has 21 heavy (non-hydrogen) atoms. The van der Waals surface area contributed by atoms with E-state index in [2.05, 4.69) is 10.6 Å². The molecule has 3 N–H and O–H groups in total. The molecule has 1 aromatic carbocycles. The average molecular weight is 306 g/mol. The van der Waals surface area contributed by atoms with E-state index in [1.54, 1.807) is 31.3 Å². The van der Waals surface area contributed by atoms with E-state index >= 15 is 0 Å². The van der Waals surface area contributed by atoms with E-state index in [9.17, 15) is 14.7 Å². The highest BCUT2D eigenvalue weighted by atomic mass is 32.1. The number of carbonyl (C=O) groups excluding carboxylic acids is 1. The molecule has 112 valence electrons. The van der Waals surface area contributed by atoms with Crippen molar-refractivity contribution in [2.45, 2.75) is 32.2 Å². The number of aliphatic carboxylic acids is 1. The van der Waals surface area contributed by atoms with Crippen LogP contribution in [0.2, 0.25) is 0 Å². The third kappa shape index (κ3) is 3.16. The Morgan fingerprint density at radius 2 is 1.95 bits per heavy atom. The SMILES string of the molecule is CCC(CC)(NC(=O)Nc1ccc2sccc2c1)C(=O)O. The van der Waals surface area contributed by atoms with Gasteiger partial charge in [-0.1, -0.05) is 13.8 Å². The number of carboxylic acid groups (broad SMARTS) is 1. The number of fused-ring (bicyclic) bond motifs is 1. The minimum absolute atomic E-state index is 0.329. The summed E-state index contributed by atoms with van der Waals surface area (Å²) in [4.78, 5) is 23.4. The first kappa shape index (κ1) is 15.3. The molecular formula is C15H18N2O3S. The van der Waals surface area contributed by atoms with Crippen LogP contribution in [0.1, 0.15) is 26.7 Å². The molecule has 2 aromatic rings. The van der Waals surface area contributed by atoms with Crippen LogP contribution in [0.15, 0.2) is 29.6 Å². The highest BCUT2D eigenvalue weighted by Gasteiger charge is 2.36. The number of thiophene rings is 1. The van der Waals surface area contributed by atoms with Crippen LogP contribution in [0.3, 0.4) is 0 Å². The zero-order chi connectivity index (χ0) is 15.5. The summed E-state index contributed by atoms with van der Waals surface area (Å²) in [5.41, 5.74) is -0.582. The second-order valence-electron chi connectivity index (χ2n) is 4.85. The van der Waals surface area contributed by atoms with Gasteiger partial charge in [0.2, 0.25) is 0 Å². The van der Waals surface area contributed by atoms with Crippen LogP contribution in [-0.2, 0) is 4.79 Å². The molecule has 0 bridgehead atoms. The number of rotatable bonds is 5. The van der Waals surface area contributed by atoms with E-state index in [0.717, 1.165) is 10.1 Å². The minimum atomic E-state index is -1.23. The maximum Gasteiger partial charge on any atom is 0.329 e. The van der Waals surface area contributed by atoms with Crippen LogP contribution in [0.4, 0.5) is 10.5 Å². The summed E-state index contributed by atoms with van der Waals surface area (Å²) in [6, 6.07) is 7.07. The summed E-state index contributed by atoms with van der Waals surface area (Å²) in [7, 11) is 0. The van der Waals surface area contributed by atoms with Gasteiger partial charge >= 0.3 is 12.0 Å². The number of hydrogen-bond acceptors (Lipinski definition) is 3. The van der Waals surface area contributed by atoms with Crippen LogP contribution < -0.4 is 10.6 Å². The molecule has 1 heterocycles. The summed E-state index contributed by atoms with van der Waals surface area (Å²) < 4.78 is 1.14. The van der Waals surface area contributed by atoms with Crippen molar-refractivity contribution in [2.75, 3.05) is 5.32 Å². The fourth-order valence-corrected chi connectivity index (χ4v) is 2.98. The molecule has 2 rings (SSSR count).